The molecule has 0 spiro atoms. The standard InChI is InChI=1S/C11H15BrN2/c1-8(14-6-11(13)7-14)9-2-4-10(12)5-3-9/h2-5,8,11H,6-7,13H2,1H3. The van der Waals surface area contributed by atoms with E-state index >= 15 is 0 Å². The molecule has 1 aromatic rings. The third-order valence-corrected chi connectivity index (χ3v) is 3.37. The Morgan fingerprint density at radius 1 is 1.36 bits per heavy atom. The van der Waals surface area contributed by atoms with Crippen molar-refractivity contribution in [3.8, 4) is 0 Å². The molecule has 76 valence electrons. The van der Waals surface area contributed by atoms with Crippen LogP contribution in [0.15, 0.2) is 28.7 Å². The summed E-state index contributed by atoms with van der Waals surface area (Å²) in [7, 11) is 0. The van der Waals surface area contributed by atoms with Crippen molar-refractivity contribution in [1.82, 2.24) is 4.90 Å². The predicted octanol–water partition coefficient (Wildman–Crippen LogP) is 2.15. The maximum Gasteiger partial charge on any atom is 0.0321 e. The van der Waals surface area contributed by atoms with Crippen LogP contribution in [0.2, 0.25) is 0 Å². The number of hydrogen-bond acceptors (Lipinski definition) is 2. The lowest BCUT2D eigenvalue weighted by Gasteiger charge is -2.41. The van der Waals surface area contributed by atoms with Crippen LogP contribution in [0.1, 0.15) is 18.5 Å². The first kappa shape index (κ1) is 10.1. The van der Waals surface area contributed by atoms with Crippen molar-refractivity contribution in [2.24, 2.45) is 5.73 Å². The molecule has 2 nitrogen and oxygen atoms in total. The molecule has 1 atom stereocenters. The van der Waals surface area contributed by atoms with Crippen LogP contribution in [-0.2, 0) is 0 Å². The molecule has 0 saturated carbocycles. The normalized spacial score (nSPS) is 20.5. The smallest absolute Gasteiger partial charge is 0.0321 e. The zero-order valence-electron chi connectivity index (χ0n) is 8.28. The zero-order chi connectivity index (χ0) is 10.1. The second kappa shape index (κ2) is 4.01. The summed E-state index contributed by atoms with van der Waals surface area (Å²) >= 11 is 3.44. The highest BCUT2D eigenvalue weighted by atomic mass is 79.9. The summed E-state index contributed by atoms with van der Waals surface area (Å²) in [5.41, 5.74) is 7.12. The molecule has 14 heavy (non-hydrogen) atoms. The van der Waals surface area contributed by atoms with E-state index in [0.29, 0.717) is 12.1 Å². The van der Waals surface area contributed by atoms with Crippen molar-refractivity contribution in [2.45, 2.75) is 19.0 Å². The van der Waals surface area contributed by atoms with E-state index < -0.39 is 0 Å². The SMILES string of the molecule is CC(c1ccc(Br)cc1)N1CC(N)C1. The average Bonchev–Trinajstić information content (AvgIpc) is 2.13. The Morgan fingerprint density at radius 3 is 2.43 bits per heavy atom. The number of halogens is 1. The Morgan fingerprint density at radius 2 is 1.93 bits per heavy atom. The van der Waals surface area contributed by atoms with Crippen LogP contribution in [0.3, 0.4) is 0 Å². The molecule has 1 heterocycles. The van der Waals surface area contributed by atoms with Crippen molar-refractivity contribution in [3.63, 3.8) is 0 Å². The number of nitrogens with zero attached hydrogens (tertiary/aromatic N) is 1. The van der Waals surface area contributed by atoms with Crippen molar-refractivity contribution in [1.29, 1.82) is 0 Å². The summed E-state index contributed by atoms with van der Waals surface area (Å²) in [5.74, 6) is 0. The number of benzene rings is 1. The zero-order valence-corrected chi connectivity index (χ0v) is 9.87. The maximum atomic E-state index is 5.76. The molecule has 1 unspecified atom stereocenters. The Bertz CT molecular complexity index is 304. The first-order valence-electron chi connectivity index (χ1n) is 4.92. The lowest BCUT2D eigenvalue weighted by molar-refractivity contribution is 0.103. The summed E-state index contributed by atoms with van der Waals surface area (Å²) in [5, 5.41) is 0. The van der Waals surface area contributed by atoms with Gasteiger partial charge in [0.1, 0.15) is 0 Å². The van der Waals surface area contributed by atoms with Gasteiger partial charge in [0.25, 0.3) is 0 Å². The minimum atomic E-state index is 0.382. The van der Waals surface area contributed by atoms with Gasteiger partial charge in [-0.05, 0) is 24.6 Å². The number of hydrogen-bond donors (Lipinski definition) is 1. The number of nitrogens with two attached hydrogens (primary N) is 1. The van der Waals surface area contributed by atoms with Crippen molar-refractivity contribution in [2.75, 3.05) is 13.1 Å². The van der Waals surface area contributed by atoms with Crippen LogP contribution >= 0.6 is 15.9 Å². The van der Waals surface area contributed by atoms with Crippen LogP contribution in [0.25, 0.3) is 0 Å². The van der Waals surface area contributed by atoms with Crippen LogP contribution in [0, 0.1) is 0 Å². The molecule has 0 bridgehead atoms. The fourth-order valence-corrected chi connectivity index (χ4v) is 2.08. The van der Waals surface area contributed by atoms with Gasteiger partial charge in [-0.3, -0.25) is 4.90 Å². The molecule has 1 saturated heterocycles. The molecule has 2 N–H and O–H groups in total. The van der Waals surface area contributed by atoms with Crippen LogP contribution < -0.4 is 5.73 Å². The molecule has 0 amide bonds. The van der Waals surface area contributed by atoms with Crippen LogP contribution in [-0.4, -0.2) is 24.0 Å². The Kier molecular flexibility index (Phi) is 2.91. The third kappa shape index (κ3) is 2.00. The fourth-order valence-electron chi connectivity index (χ4n) is 1.82. The van der Waals surface area contributed by atoms with E-state index in [1.807, 2.05) is 0 Å². The van der Waals surface area contributed by atoms with Gasteiger partial charge in [0.2, 0.25) is 0 Å². The van der Waals surface area contributed by atoms with Crippen molar-refractivity contribution in [3.05, 3.63) is 34.3 Å². The van der Waals surface area contributed by atoms with E-state index in [1.165, 1.54) is 5.56 Å². The van der Waals surface area contributed by atoms with Crippen molar-refractivity contribution < 1.29 is 0 Å². The lowest BCUT2D eigenvalue weighted by atomic mass is 10.0. The minimum Gasteiger partial charge on any atom is -0.325 e. The molecule has 3 heteroatoms. The monoisotopic (exact) mass is 254 g/mol. The average molecular weight is 255 g/mol. The van der Waals surface area contributed by atoms with Gasteiger partial charge in [-0.25, -0.2) is 0 Å². The van der Waals surface area contributed by atoms with Crippen LogP contribution in [0.4, 0.5) is 0 Å². The van der Waals surface area contributed by atoms with Gasteiger partial charge in [0.15, 0.2) is 0 Å². The molecule has 0 radical (unpaired) electrons. The van der Waals surface area contributed by atoms with Gasteiger partial charge in [-0.15, -0.1) is 0 Å². The molecule has 1 fully saturated rings. The molecular weight excluding hydrogens is 240 g/mol. The highest BCUT2D eigenvalue weighted by Gasteiger charge is 2.27. The highest BCUT2D eigenvalue weighted by molar-refractivity contribution is 9.10. The van der Waals surface area contributed by atoms with Crippen molar-refractivity contribution >= 4 is 15.9 Å². The van der Waals surface area contributed by atoms with Gasteiger partial charge in [0.05, 0.1) is 0 Å². The minimum absolute atomic E-state index is 0.382. The third-order valence-electron chi connectivity index (χ3n) is 2.84. The second-order valence-corrected chi connectivity index (χ2v) is 4.86. The van der Waals surface area contributed by atoms with E-state index in [4.69, 9.17) is 5.73 Å². The second-order valence-electron chi connectivity index (χ2n) is 3.94. The van der Waals surface area contributed by atoms with E-state index in [-0.39, 0.29) is 0 Å². The van der Waals surface area contributed by atoms with Gasteiger partial charge in [-0.1, -0.05) is 28.1 Å². The quantitative estimate of drug-likeness (QED) is 0.877. The fraction of sp³-hybridized carbons (Fsp3) is 0.455. The van der Waals surface area contributed by atoms with Gasteiger partial charge in [-0.2, -0.15) is 0 Å². The Labute approximate surface area is 93.2 Å². The summed E-state index contributed by atoms with van der Waals surface area (Å²) in [4.78, 5) is 2.40. The van der Waals surface area contributed by atoms with E-state index in [9.17, 15) is 0 Å². The van der Waals surface area contributed by atoms with E-state index in [0.717, 1.165) is 17.6 Å². The molecule has 2 rings (SSSR count). The molecule has 0 aliphatic carbocycles. The molecule has 1 aliphatic heterocycles. The maximum absolute atomic E-state index is 5.76. The largest absolute Gasteiger partial charge is 0.325 e. The van der Waals surface area contributed by atoms with Crippen LogP contribution in [0.5, 0.6) is 0 Å². The highest BCUT2D eigenvalue weighted by Crippen LogP contribution is 2.25. The summed E-state index contributed by atoms with van der Waals surface area (Å²) < 4.78 is 1.13. The number of rotatable bonds is 2. The first-order valence-corrected chi connectivity index (χ1v) is 5.71. The summed E-state index contributed by atoms with van der Waals surface area (Å²) in [6.07, 6.45) is 0. The Hall–Kier alpha value is -0.380. The van der Waals surface area contributed by atoms with E-state index in [1.54, 1.807) is 0 Å². The van der Waals surface area contributed by atoms with E-state index in [2.05, 4.69) is 52.0 Å². The molecule has 1 aliphatic rings. The molecule has 1 aromatic carbocycles. The van der Waals surface area contributed by atoms with Gasteiger partial charge < -0.3 is 5.73 Å². The summed E-state index contributed by atoms with van der Waals surface area (Å²) in [6.45, 7) is 4.28. The van der Waals surface area contributed by atoms with Gasteiger partial charge in [0, 0.05) is 29.6 Å². The first-order chi connectivity index (χ1) is 6.66. The molecular formula is C11H15BrN2. The molecule has 0 aromatic heterocycles. The lowest BCUT2D eigenvalue weighted by Crippen LogP contribution is -2.56. The topological polar surface area (TPSA) is 29.3 Å². The van der Waals surface area contributed by atoms with Gasteiger partial charge >= 0.3 is 0 Å². The Balaban J connectivity index is 2.04. The predicted molar refractivity (Wildman–Crippen MR) is 62.1 cm³/mol. The number of likely N-dealkylation sites (tertiary alicyclic amines) is 1. The summed E-state index contributed by atoms with van der Waals surface area (Å²) in [6, 6.07) is 9.38.